The van der Waals surface area contributed by atoms with Gasteiger partial charge in [-0.3, -0.25) is 0 Å². The molecule has 1 N–H and O–H groups in total. The Bertz CT molecular complexity index is 1120. The van der Waals surface area contributed by atoms with Crippen LogP contribution in [0.4, 0.5) is 0 Å². The van der Waals surface area contributed by atoms with Gasteiger partial charge in [-0.1, -0.05) is 41.9 Å². The number of hydrogen-bond acceptors (Lipinski definition) is 4. The number of aromatic amines is 1. The van der Waals surface area contributed by atoms with E-state index in [1.54, 1.807) is 12.1 Å². The van der Waals surface area contributed by atoms with Crippen LogP contribution in [0.3, 0.4) is 0 Å². The number of aromatic nitrogens is 2. The lowest BCUT2D eigenvalue weighted by molar-refractivity contribution is 0.466. The van der Waals surface area contributed by atoms with Crippen LogP contribution in [0.15, 0.2) is 75.3 Å². The highest BCUT2D eigenvalue weighted by Gasteiger charge is 2.10. The van der Waals surface area contributed by atoms with E-state index >= 15 is 0 Å². The highest BCUT2D eigenvalue weighted by Crippen LogP contribution is 2.31. The molecule has 0 fully saturated rings. The van der Waals surface area contributed by atoms with Crippen molar-refractivity contribution < 1.29 is 4.42 Å². The molecule has 0 aliphatic rings. The molecule has 6 heteroatoms. The molecule has 26 heavy (non-hydrogen) atoms. The molecular formula is C20H12ClN3OS. The van der Waals surface area contributed by atoms with Crippen LogP contribution in [0.5, 0.6) is 0 Å². The van der Waals surface area contributed by atoms with Crippen molar-refractivity contribution in [3.05, 3.63) is 77.0 Å². The monoisotopic (exact) mass is 377 g/mol. The summed E-state index contributed by atoms with van der Waals surface area (Å²) in [4.78, 5) is 7.76. The highest BCUT2D eigenvalue weighted by molar-refractivity contribution is 7.99. The van der Waals surface area contributed by atoms with Crippen molar-refractivity contribution in [2.45, 2.75) is 10.2 Å². The summed E-state index contributed by atoms with van der Waals surface area (Å²) in [5.41, 5.74) is 3.02. The van der Waals surface area contributed by atoms with E-state index in [9.17, 15) is 5.26 Å². The lowest BCUT2D eigenvalue weighted by Crippen LogP contribution is -1.82. The van der Waals surface area contributed by atoms with Gasteiger partial charge >= 0.3 is 0 Å². The van der Waals surface area contributed by atoms with Gasteiger partial charge in [0.05, 0.1) is 22.7 Å². The third-order valence-electron chi connectivity index (χ3n) is 3.74. The quantitative estimate of drug-likeness (QED) is 0.441. The first-order valence-corrected chi connectivity index (χ1v) is 9.01. The van der Waals surface area contributed by atoms with E-state index in [-0.39, 0.29) is 0 Å². The molecule has 0 bridgehead atoms. The summed E-state index contributed by atoms with van der Waals surface area (Å²) in [5.74, 6) is 0.583. The van der Waals surface area contributed by atoms with Gasteiger partial charge in [-0.2, -0.15) is 5.26 Å². The molecule has 2 aromatic heterocycles. The van der Waals surface area contributed by atoms with E-state index in [0.29, 0.717) is 27.0 Å². The van der Waals surface area contributed by atoms with Crippen molar-refractivity contribution in [1.82, 2.24) is 9.97 Å². The van der Waals surface area contributed by atoms with Gasteiger partial charge in [-0.05, 0) is 48.2 Å². The Hall–Kier alpha value is -2.94. The predicted molar refractivity (Wildman–Crippen MR) is 104 cm³/mol. The Morgan fingerprint density at radius 1 is 1.12 bits per heavy atom. The van der Waals surface area contributed by atoms with Crippen LogP contribution < -0.4 is 0 Å². The summed E-state index contributed by atoms with van der Waals surface area (Å²) in [7, 11) is 0. The molecule has 2 aromatic carbocycles. The summed E-state index contributed by atoms with van der Waals surface area (Å²) in [6.45, 7) is 0. The normalized spacial score (nSPS) is 11.6. The van der Waals surface area contributed by atoms with E-state index in [2.05, 4.69) is 16.0 Å². The number of para-hydroxylation sites is 2. The number of fused-ring (bicyclic) bond motifs is 1. The summed E-state index contributed by atoms with van der Waals surface area (Å²) < 4.78 is 5.81. The fraction of sp³-hybridized carbons (Fsp3) is 0. The molecular weight excluding hydrogens is 366 g/mol. The number of allylic oxidation sites excluding steroid dienone is 1. The van der Waals surface area contributed by atoms with Crippen LogP contribution in [-0.4, -0.2) is 9.97 Å². The zero-order valence-electron chi connectivity index (χ0n) is 13.4. The number of benzene rings is 2. The molecule has 0 saturated carbocycles. The molecule has 0 aliphatic heterocycles. The maximum atomic E-state index is 9.45. The number of nitrogens with zero attached hydrogens (tertiary/aromatic N) is 2. The highest BCUT2D eigenvalue weighted by atomic mass is 35.5. The second-order valence-corrected chi connectivity index (χ2v) is 6.87. The number of nitriles is 1. The van der Waals surface area contributed by atoms with Gasteiger partial charge in [0.1, 0.15) is 5.76 Å². The fourth-order valence-electron chi connectivity index (χ4n) is 2.53. The van der Waals surface area contributed by atoms with Gasteiger partial charge in [-0.25, -0.2) is 4.98 Å². The Morgan fingerprint density at radius 3 is 2.73 bits per heavy atom. The number of rotatable bonds is 4. The number of imidazole rings is 1. The topological polar surface area (TPSA) is 65.6 Å². The van der Waals surface area contributed by atoms with E-state index in [1.807, 2.05) is 54.6 Å². The smallest absolute Gasteiger partial charge is 0.174 e. The van der Waals surface area contributed by atoms with Gasteiger partial charge in [0.25, 0.3) is 0 Å². The van der Waals surface area contributed by atoms with Crippen LogP contribution in [0, 0.1) is 11.3 Å². The predicted octanol–water partition coefficient (Wildman–Crippen LogP) is 6.02. The first-order valence-electron chi connectivity index (χ1n) is 7.82. The second-order valence-electron chi connectivity index (χ2n) is 5.47. The maximum Gasteiger partial charge on any atom is 0.174 e. The SMILES string of the molecule is N#C/C(=C/c1ccc(Sc2nc3ccccc3[nH]2)o1)c1ccccc1Cl. The lowest BCUT2D eigenvalue weighted by Gasteiger charge is -2.01. The summed E-state index contributed by atoms with van der Waals surface area (Å²) in [6.07, 6.45) is 1.68. The molecule has 4 rings (SSSR count). The second kappa shape index (κ2) is 7.12. The van der Waals surface area contributed by atoms with Crippen molar-refractivity contribution in [3.63, 3.8) is 0 Å². The minimum absolute atomic E-state index is 0.449. The number of H-pyrrole nitrogens is 1. The Balaban J connectivity index is 1.59. The van der Waals surface area contributed by atoms with Gasteiger partial charge in [-0.15, -0.1) is 0 Å². The Labute approximate surface area is 159 Å². The van der Waals surface area contributed by atoms with E-state index in [0.717, 1.165) is 16.2 Å². The molecule has 0 radical (unpaired) electrons. The molecule has 2 heterocycles. The number of hydrogen-bond donors (Lipinski definition) is 1. The van der Waals surface area contributed by atoms with E-state index in [1.165, 1.54) is 11.8 Å². The molecule has 4 nitrogen and oxygen atoms in total. The Morgan fingerprint density at radius 2 is 1.92 bits per heavy atom. The summed E-state index contributed by atoms with van der Waals surface area (Å²) in [6, 6.07) is 20.9. The van der Waals surface area contributed by atoms with Gasteiger partial charge in [0.15, 0.2) is 10.2 Å². The molecule has 0 spiro atoms. The van der Waals surface area contributed by atoms with Crippen molar-refractivity contribution in [3.8, 4) is 6.07 Å². The summed E-state index contributed by atoms with van der Waals surface area (Å²) in [5, 5.41) is 11.4. The van der Waals surface area contributed by atoms with Crippen LogP contribution >= 0.6 is 23.4 Å². The van der Waals surface area contributed by atoms with E-state index in [4.69, 9.17) is 16.0 Å². The van der Waals surface area contributed by atoms with Crippen LogP contribution in [-0.2, 0) is 0 Å². The minimum Gasteiger partial charge on any atom is -0.450 e. The van der Waals surface area contributed by atoms with Crippen molar-refractivity contribution in [1.29, 1.82) is 5.26 Å². The van der Waals surface area contributed by atoms with Crippen LogP contribution in [0.2, 0.25) is 5.02 Å². The first kappa shape index (κ1) is 16.5. The zero-order chi connectivity index (χ0) is 17.9. The van der Waals surface area contributed by atoms with Crippen LogP contribution in [0.1, 0.15) is 11.3 Å². The fourth-order valence-corrected chi connectivity index (χ4v) is 3.54. The molecule has 0 amide bonds. The number of halogens is 1. The standard InChI is InChI=1S/C20H12ClN3OS/c21-16-6-2-1-5-15(16)13(12-22)11-14-9-10-19(25-14)26-20-23-17-7-3-4-8-18(17)24-20/h1-11H,(H,23,24)/b13-11-. The average molecular weight is 378 g/mol. The molecule has 0 saturated heterocycles. The van der Waals surface area contributed by atoms with Crippen molar-refractivity contribution in [2.75, 3.05) is 0 Å². The largest absolute Gasteiger partial charge is 0.450 e. The zero-order valence-corrected chi connectivity index (χ0v) is 15.0. The molecule has 4 aromatic rings. The van der Waals surface area contributed by atoms with Gasteiger partial charge in [0, 0.05) is 10.6 Å². The minimum atomic E-state index is 0.449. The molecule has 0 unspecified atom stereocenters. The Kier molecular flexibility index (Phi) is 4.53. The van der Waals surface area contributed by atoms with E-state index < -0.39 is 0 Å². The third-order valence-corrected chi connectivity index (χ3v) is 4.88. The van der Waals surface area contributed by atoms with Gasteiger partial charge < -0.3 is 9.40 Å². The molecule has 126 valence electrons. The molecule has 0 aliphatic carbocycles. The average Bonchev–Trinajstić information content (AvgIpc) is 3.26. The maximum absolute atomic E-state index is 9.45. The number of furan rings is 1. The van der Waals surface area contributed by atoms with Crippen LogP contribution in [0.25, 0.3) is 22.7 Å². The lowest BCUT2D eigenvalue weighted by atomic mass is 10.1. The number of nitrogens with one attached hydrogen (secondary N) is 1. The van der Waals surface area contributed by atoms with Crippen molar-refractivity contribution >= 4 is 46.0 Å². The first-order chi connectivity index (χ1) is 12.7. The van der Waals surface area contributed by atoms with Gasteiger partial charge in [0.2, 0.25) is 0 Å². The summed E-state index contributed by atoms with van der Waals surface area (Å²) >= 11 is 7.57. The third kappa shape index (κ3) is 3.38. The molecule has 0 atom stereocenters. The van der Waals surface area contributed by atoms with Crippen molar-refractivity contribution in [2.24, 2.45) is 0 Å².